The number of nitrogen functional groups attached to an aromatic ring is 2. The number of nitrogens with one attached hydrogen (secondary N) is 2. The molecule has 31 nitrogen and oxygen atoms in total. The van der Waals surface area contributed by atoms with Gasteiger partial charge < -0.3 is 55.5 Å². The summed E-state index contributed by atoms with van der Waals surface area (Å²) in [6.07, 6.45) is -11.3. The lowest BCUT2D eigenvalue weighted by molar-refractivity contribution is -0.746. The molecule has 6 rings (SSSR count). The number of H-pyrrole nitrogens is 2. The third-order valence-corrected chi connectivity index (χ3v) is 14.3. The van der Waals surface area contributed by atoms with Crippen LogP contribution in [0.25, 0.3) is 22.3 Å². The Morgan fingerprint density at radius 3 is 1.57 bits per heavy atom. The van der Waals surface area contributed by atoms with Crippen molar-refractivity contribution in [1.29, 1.82) is 0 Å². The van der Waals surface area contributed by atoms with Crippen LogP contribution in [-0.4, -0.2) is 122 Å². The molecule has 2 saturated heterocycles. The Labute approximate surface area is 340 Å². The van der Waals surface area contributed by atoms with E-state index in [0.29, 0.717) is 0 Å². The summed E-state index contributed by atoms with van der Waals surface area (Å²) >= 11 is 0. The summed E-state index contributed by atoms with van der Waals surface area (Å²) in [7, 11) is -18.6. The number of hydrogen-bond acceptors (Lipinski definition) is 21. The van der Waals surface area contributed by atoms with E-state index in [4.69, 9.17) is 43.8 Å². The van der Waals surface area contributed by atoms with E-state index in [1.54, 1.807) is 0 Å². The fourth-order valence-electron chi connectivity index (χ4n) is 6.60. The van der Waals surface area contributed by atoms with E-state index >= 15 is 0 Å². The van der Waals surface area contributed by atoms with Crippen molar-refractivity contribution in [2.75, 3.05) is 31.8 Å². The molecule has 0 aromatic carbocycles. The van der Waals surface area contributed by atoms with Crippen molar-refractivity contribution < 1.29 is 98.1 Å². The van der Waals surface area contributed by atoms with Crippen LogP contribution in [-0.2, 0) is 73.3 Å². The van der Waals surface area contributed by atoms with Gasteiger partial charge >= 0.3 is 42.6 Å². The molecule has 10 unspecified atom stereocenters. The molecule has 12 atom stereocenters. The van der Waals surface area contributed by atoms with E-state index in [9.17, 15) is 57.6 Å². The molecule has 2 aliphatic rings. The zero-order valence-electron chi connectivity index (χ0n) is 32.2. The number of phosphoric ester groups is 3. The van der Waals surface area contributed by atoms with Crippen molar-refractivity contribution >= 4 is 65.5 Å². The highest BCUT2D eigenvalue weighted by Gasteiger charge is 2.53. The van der Waals surface area contributed by atoms with Crippen molar-refractivity contribution in [2.45, 2.75) is 69.0 Å². The molecule has 6 heterocycles. The summed E-state index contributed by atoms with van der Waals surface area (Å²) in [5, 5.41) is 22.3. The molecule has 340 valence electrons. The number of fused-ring (bicyclic) bond motifs is 2. The molecule has 4 aromatic heterocycles. The summed E-state index contributed by atoms with van der Waals surface area (Å²) in [5.41, 5.74) is 9.86. The average Bonchev–Trinajstić information content (AvgIpc) is 3.81. The minimum Gasteiger partial charge on any atom is -0.384 e. The number of aliphatic hydroxyl groups is 2. The number of ether oxygens (including phenoxy) is 3. The van der Waals surface area contributed by atoms with E-state index in [1.807, 2.05) is 0 Å². The number of aromatic nitrogens is 8. The van der Waals surface area contributed by atoms with E-state index in [0.717, 1.165) is 11.7 Å². The molecule has 0 spiro atoms. The van der Waals surface area contributed by atoms with Crippen LogP contribution in [0, 0.1) is 0 Å². The Balaban J connectivity index is 1.13. The Kier molecular flexibility index (Phi) is 13.4. The van der Waals surface area contributed by atoms with Crippen molar-refractivity contribution in [2.24, 2.45) is 14.1 Å². The average molecular weight is 955 g/mol. The van der Waals surface area contributed by atoms with Gasteiger partial charge in [-0.1, -0.05) is 9.97 Å². The smallest absolute Gasteiger partial charge is 0.384 e. The Bertz CT molecular complexity index is 2620. The van der Waals surface area contributed by atoms with Crippen molar-refractivity contribution in [3.05, 3.63) is 33.4 Å². The first-order valence-electron chi connectivity index (χ1n) is 17.3. The maximum absolute atomic E-state index is 12.9. The molecule has 0 bridgehead atoms. The Morgan fingerprint density at radius 1 is 0.754 bits per heavy atom. The Morgan fingerprint density at radius 2 is 1.16 bits per heavy atom. The summed E-state index contributed by atoms with van der Waals surface area (Å²) in [4.78, 5) is 79.0. The zero-order valence-corrected chi connectivity index (χ0v) is 35.8. The van der Waals surface area contributed by atoms with Gasteiger partial charge in [-0.15, -0.1) is 0 Å². The number of anilines is 2. The number of imidazole rings is 2. The molecule has 0 aliphatic carbocycles. The summed E-state index contributed by atoms with van der Waals surface area (Å²) in [6.45, 7) is 0.549. The van der Waals surface area contributed by atoms with Gasteiger partial charge in [0.2, 0.25) is 23.5 Å². The van der Waals surface area contributed by atoms with Crippen LogP contribution >= 0.6 is 31.3 Å². The van der Waals surface area contributed by atoms with E-state index < -0.39 is 111 Å². The van der Waals surface area contributed by atoms with Crippen molar-refractivity contribution in [3.8, 4) is 0 Å². The van der Waals surface area contributed by atoms with Gasteiger partial charge in [0, 0.05) is 7.11 Å². The first kappa shape index (κ1) is 47.1. The van der Waals surface area contributed by atoms with Gasteiger partial charge in [0.25, 0.3) is 23.0 Å². The SMILES string of the molecule is COC1C(O)[C@H]([n+]2cn(C)c3c(=O)[nH]c(N)nc32)O[C@@H]1COP(=O)(O)OP(=O)(O)OP(=O)(O)OCC1OC([n+]2cn(C)c3c(=O)[nH]c(N)nc32)C(O)C1OP(=O)(O)OC(C)C. The molecular weight excluding hydrogens is 912 g/mol. The van der Waals surface area contributed by atoms with Gasteiger partial charge in [-0.25, -0.2) is 27.4 Å². The lowest BCUT2D eigenvalue weighted by atomic mass is 10.1. The number of nitrogens with zero attached hydrogens (tertiary/aromatic N) is 6. The molecule has 0 amide bonds. The van der Waals surface area contributed by atoms with Crippen LogP contribution in [0.1, 0.15) is 26.3 Å². The molecular formula is C26H42N10O21P4+2. The summed E-state index contributed by atoms with van der Waals surface area (Å²) in [5.74, 6) is -0.601. The molecule has 0 saturated carbocycles. The minimum absolute atomic E-state index is 0.0223. The number of phosphoric acid groups is 4. The molecule has 0 radical (unpaired) electrons. The summed E-state index contributed by atoms with van der Waals surface area (Å²) in [6, 6.07) is 0. The van der Waals surface area contributed by atoms with E-state index in [1.165, 1.54) is 54.3 Å². The quantitative estimate of drug-likeness (QED) is 0.0374. The number of aromatic amines is 2. The maximum atomic E-state index is 12.9. The van der Waals surface area contributed by atoms with Gasteiger partial charge in [-0.2, -0.15) is 8.62 Å². The van der Waals surface area contributed by atoms with Crippen molar-refractivity contribution in [1.82, 2.24) is 29.1 Å². The second kappa shape index (κ2) is 17.3. The highest BCUT2D eigenvalue weighted by atomic mass is 31.3. The number of nitrogens with two attached hydrogens (primary N) is 2. The highest BCUT2D eigenvalue weighted by Crippen LogP contribution is 2.68. The van der Waals surface area contributed by atoms with Gasteiger partial charge in [-0.05, 0) is 13.8 Å². The molecule has 12 N–H and O–H groups in total. The van der Waals surface area contributed by atoms with Gasteiger partial charge in [0.15, 0.2) is 12.7 Å². The van der Waals surface area contributed by atoms with E-state index in [2.05, 4.69) is 28.6 Å². The monoisotopic (exact) mass is 954 g/mol. The fourth-order valence-corrected chi connectivity index (χ4v) is 11.3. The number of aliphatic hydroxyl groups excluding tert-OH is 2. The van der Waals surface area contributed by atoms with Crippen LogP contribution in [0.4, 0.5) is 11.9 Å². The maximum Gasteiger partial charge on any atom is 0.490 e. The normalized spacial score (nSPS) is 28.6. The van der Waals surface area contributed by atoms with Crippen LogP contribution in [0.3, 0.4) is 0 Å². The third-order valence-electron chi connectivity index (χ3n) is 8.83. The fraction of sp³-hybridized carbons (Fsp3) is 0.615. The Hall–Kier alpha value is -3.38. The van der Waals surface area contributed by atoms with Crippen LogP contribution in [0.2, 0.25) is 0 Å². The van der Waals surface area contributed by atoms with Crippen molar-refractivity contribution in [3.63, 3.8) is 0 Å². The predicted octanol–water partition coefficient (Wildman–Crippen LogP) is -2.91. The van der Waals surface area contributed by atoms with Crippen LogP contribution in [0.5, 0.6) is 0 Å². The zero-order chi connectivity index (χ0) is 45.1. The second-order valence-electron chi connectivity index (χ2n) is 13.7. The number of aryl methyl sites for hydroxylation is 2. The van der Waals surface area contributed by atoms with Gasteiger partial charge in [0.1, 0.15) is 36.6 Å². The lowest BCUT2D eigenvalue weighted by Gasteiger charge is -2.24. The topological polar surface area (TPSA) is 434 Å². The summed E-state index contributed by atoms with van der Waals surface area (Å²) < 4.78 is 101. The number of rotatable bonds is 17. The first-order valence-corrected chi connectivity index (χ1v) is 23.3. The second-order valence-corrected chi connectivity index (χ2v) is 19.7. The molecule has 35 heteroatoms. The largest absolute Gasteiger partial charge is 0.490 e. The third kappa shape index (κ3) is 10.2. The molecule has 4 aromatic rings. The van der Waals surface area contributed by atoms with Crippen LogP contribution in [0.15, 0.2) is 22.2 Å². The molecule has 61 heavy (non-hydrogen) atoms. The predicted molar refractivity (Wildman–Crippen MR) is 197 cm³/mol. The van der Waals surface area contributed by atoms with Crippen LogP contribution < -0.4 is 31.7 Å². The highest BCUT2D eigenvalue weighted by molar-refractivity contribution is 7.66. The molecule has 2 fully saturated rings. The standard InChI is InChI=1S/C26H40N10O21P4/c1-10(2)54-60(45,46)55-18-12(53-24(16(18)38)36-9-34(4)14-20(36)30-26(28)32-22(14)40)7-51-59(43,44)57-61(47,48)56-58(41,42)50-6-11-17(49-5)15(37)23(52-11)35-8-33(3)13-19(35)29-25(27)31-21(13)39/h8-12,15-18,23-24,37-38H,6-7H2,1-5H3,(H8-2,27,28,29,30,31,32,39,40,41,42,43,44,45,46,47,48)/p+2/t11-,12?,15?,16?,17?,18?,23-,24?/m1/s1. The number of methoxy groups -OCH3 is 1. The van der Waals surface area contributed by atoms with Gasteiger partial charge in [-0.3, -0.25) is 46.8 Å². The minimum atomic E-state index is -6.10. The van der Waals surface area contributed by atoms with E-state index in [-0.39, 0.29) is 34.2 Å². The molecule has 2 aliphatic heterocycles. The van der Waals surface area contributed by atoms with Gasteiger partial charge in [0.05, 0.1) is 33.4 Å². The number of hydrogen-bond donors (Lipinski definition) is 10. The first-order chi connectivity index (χ1) is 28.2. The lowest BCUT2D eigenvalue weighted by Crippen LogP contribution is -2.46.